The smallest absolute Gasteiger partial charge is 0.360 e. The molecule has 1 aromatic rings. The Morgan fingerprint density at radius 2 is 2.00 bits per heavy atom. The van der Waals surface area contributed by atoms with E-state index in [1.54, 1.807) is 28.1 Å². The molecular formula is C12H20N4O4. The van der Waals surface area contributed by atoms with Crippen LogP contribution in [0.25, 0.3) is 0 Å². The lowest BCUT2D eigenvalue weighted by Gasteiger charge is -2.18. The van der Waals surface area contributed by atoms with Crippen molar-refractivity contribution < 1.29 is 19.1 Å². The molecule has 1 aromatic heterocycles. The van der Waals surface area contributed by atoms with Gasteiger partial charge < -0.3 is 14.4 Å². The number of likely N-dealkylation sites (N-methyl/N-ethyl adjacent to an activating group) is 1. The molecule has 1 atom stereocenters. The van der Waals surface area contributed by atoms with Gasteiger partial charge in [-0.2, -0.15) is 0 Å². The number of aromatic nitrogens is 3. The summed E-state index contributed by atoms with van der Waals surface area (Å²) in [5, 5.41) is 7.72. The Hall–Kier alpha value is -1.96. The molecule has 1 unspecified atom stereocenters. The van der Waals surface area contributed by atoms with Gasteiger partial charge in [-0.05, 0) is 6.92 Å². The number of rotatable bonds is 6. The van der Waals surface area contributed by atoms with E-state index in [0.717, 1.165) is 0 Å². The number of esters is 1. The lowest BCUT2D eigenvalue weighted by Crippen LogP contribution is -2.31. The molecule has 8 heteroatoms. The molecule has 20 heavy (non-hydrogen) atoms. The van der Waals surface area contributed by atoms with Gasteiger partial charge in [0.2, 0.25) is 5.91 Å². The quantitative estimate of drug-likeness (QED) is 0.678. The summed E-state index contributed by atoms with van der Waals surface area (Å²) in [6.07, 6.45) is 0.416. The van der Waals surface area contributed by atoms with Crippen molar-refractivity contribution in [2.75, 3.05) is 34.9 Å². The van der Waals surface area contributed by atoms with E-state index in [0.29, 0.717) is 18.7 Å². The summed E-state index contributed by atoms with van der Waals surface area (Å²) in [5.41, 5.74) is 0.643. The average molecular weight is 284 g/mol. The number of hydrogen-bond donors (Lipinski definition) is 0. The van der Waals surface area contributed by atoms with Crippen molar-refractivity contribution in [3.05, 3.63) is 11.4 Å². The molecule has 0 saturated carbocycles. The predicted molar refractivity (Wildman–Crippen MR) is 70.3 cm³/mol. The third-order valence-corrected chi connectivity index (χ3v) is 2.88. The van der Waals surface area contributed by atoms with Crippen molar-refractivity contribution >= 4 is 11.9 Å². The van der Waals surface area contributed by atoms with Crippen molar-refractivity contribution in [1.82, 2.24) is 19.9 Å². The van der Waals surface area contributed by atoms with Crippen LogP contribution in [-0.4, -0.2) is 66.7 Å². The van der Waals surface area contributed by atoms with E-state index in [4.69, 9.17) is 4.74 Å². The van der Waals surface area contributed by atoms with Crippen molar-refractivity contribution in [2.45, 2.75) is 19.4 Å². The van der Waals surface area contributed by atoms with E-state index in [9.17, 15) is 9.59 Å². The first-order valence-electron chi connectivity index (χ1n) is 6.16. The molecule has 0 aliphatic rings. The predicted octanol–water partition coefficient (Wildman–Crippen LogP) is -0.0972. The highest BCUT2D eigenvalue weighted by Crippen LogP contribution is 2.15. The van der Waals surface area contributed by atoms with E-state index >= 15 is 0 Å². The number of amides is 1. The summed E-state index contributed by atoms with van der Waals surface area (Å²) in [6, 6.07) is -0.553. The molecule has 0 saturated heterocycles. The lowest BCUT2D eigenvalue weighted by atomic mass is 10.2. The van der Waals surface area contributed by atoms with Gasteiger partial charge in [0, 0.05) is 27.6 Å². The number of ether oxygens (including phenoxy) is 2. The molecule has 0 spiro atoms. The molecule has 1 heterocycles. The van der Waals surface area contributed by atoms with E-state index in [-0.39, 0.29) is 11.6 Å². The molecule has 0 fully saturated rings. The molecule has 0 aromatic carbocycles. The Labute approximate surface area is 117 Å². The van der Waals surface area contributed by atoms with Gasteiger partial charge in [-0.15, -0.1) is 5.10 Å². The zero-order valence-corrected chi connectivity index (χ0v) is 12.4. The average Bonchev–Trinajstić information content (AvgIpc) is 2.85. The van der Waals surface area contributed by atoms with Crippen LogP contribution in [0, 0.1) is 0 Å². The molecule has 8 nitrogen and oxygen atoms in total. The summed E-state index contributed by atoms with van der Waals surface area (Å²) in [7, 11) is 6.15. The minimum atomic E-state index is -0.577. The molecule has 0 aliphatic carbocycles. The van der Waals surface area contributed by atoms with Crippen LogP contribution in [0.4, 0.5) is 0 Å². The van der Waals surface area contributed by atoms with Crippen molar-refractivity contribution in [3.8, 4) is 0 Å². The van der Waals surface area contributed by atoms with E-state index in [1.165, 1.54) is 16.7 Å². The molecular weight excluding hydrogens is 264 g/mol. The number of hydrogen-bond acceptors (Lipinski definition) is 6. The fraction of sp³-hybridized carbons (Fsp3) is 0.667. The summed E-state index contributed by atoms with van der Waals surface area (Å²) >= 11 is 0. The first kappa shape index (κ1) is 16.1. The van der Waals surface area contributed by atoms with Crippen LogP contribution in [0.1, 0.15) is 29.1 Å². The zero-order valence-electron chi connectivity index (χ0n) is 12.4. The molecule has 0 radical (unpaired) electrons. The van der Waals surface area contributed by atoms with Gasteiger partial charge in [-0.3, -0.25) is 4.79 Å². The summed E-state index contributed by atoms with van der Waals surface area (Å²) in [4.78, 5) is 25.1. The minimum absolute atomic E-state index is 0.114. The lowest BCUT2D eigenvalue weighted by molar-refractivity contribution is -0.132. The summed E-state index contributed by atoms with van der Waals surface area (Å²) < 4.78 is 11.1. The molecule has 1 rings (SSSR count). The van der Waals surface area contributed by atoms with Crippen molar-refractivity contribution in [1.29, 1.82) is 0 Å². The van der Waals surface area contributed by atoms with Crippen molar-refractivity contribution in [3.63, 3.8) is 0 Å². The Morgan fingerprint density at radius 1 is 1.35 bits per heavy atom. The Balaban J connectivity index is 3.15. The van der Waals surface area contributed by atoms with Crippen LogP contribution in [0.2, 0.25) is 0 Å². The highest BCUT2D eigenvalue weighted by molar-refractivity contribution is 5.88. The summed E-state index contributed by atoms with van der Waals surface area (Å²) in [5.74, 6) is -0.711. The molecule has 0 N–H and O–H groups in total. The second kappa shape index (κ2) is 6.99. The largest absolute Gasteiger partial charge is 0.464 e. The van der Waals surface area contributed by atoms with Gasteiger partial charge >= 0.3 is 5.97 Å². The first-order chi connectivity index (χ1) is 9.43. The topological polar surface area (TPSA) is 86.5 Å². The van der Waals surface area contributed by atoms with Gasteiger partial charge in [0.05, 0.1) is 19.4 Å². The fourth-order valence-corrected chi connectivity index (χ4v) is 1.79. The normalized spacial score (nSPS) is 12.1. The zero-order chi connectivity index (χ0) is 15.3. The van der Waals surface area contributed by atoms with E-state index in [1.807, 2.05) is 0 Å². The number of methoxy groups -OCH3 is 2. The van der Waals surface area contributed by atoms with Crippen LogP contribution in [0.15, 0.2) is 0 Å². The fourth-order valence-electron chi connectivity index (χ4n) is 1.79. The SMILES string of the molecule is COCCc1c(C(=O)OC)nnn1C(C)C(=O)N(C)C. The molecule has 0 aliphatic heterocycles. The van der Waals surface area contributed by atoms with E-state index in [2.05, 4.69) is 15.0 Å². The Kier molecular flexibility index (Phi) is 5.63. The van der Waals surface area contributed by atoms with Gasteiger partial charge in [0.25, 0.3) is 0 Å². The second-order valence-corrected chi connectivity index (χ2v) is 4.47. The maximum Gasteiger partial charge on any atom is 0.360 e. The Morgan fingerprint density at radius 3 is 2.50 bits per heavy atom. The molecule has 112 valence electrons. The third kappa shape index (κ3) is 3.32. The van der Waals surface area contributed by atoms with Gasteiger partial charge in [0.15, 0.2) is 5.69 Å². The van der Waals surface area contributed by atoms with Crippen LogP contribution in [0.5, 0.6) is 0 Å². The van der Waals surface area contributed by atoms with Crippen LogP contribution >= 0.6 is 0 Å². The van der Waals surface area contributed by atoms with Crippen LogP contribution in [0.3, 0.4) is 0 Å². The van der Waals surface area contributed by atoms with Crippen LogP contribution < -0.4 is 0 Å². The third-order valence-electron chi connectivity index (χ3n) is 2.88. The maximum absolute atomic E-state index is 12.0. The highest BCUT2D eigenvalue weighted by atomic mass is 16.5. The first-order valence-corrected chi connectivity index (χ1v) is 6.16. The minimum Gasteiger partial charge on any atom is -0.464 e. The standard InChI is InChI=1S/C12H20N4O4/c1-8(11(17)15(2)3)16-9(6-7-19-4)10(13-14-16)12(18)20-5/h8H,6-7H2,1-5H3. The summed E-state index contributed by atoms with van der Waals surface area (Å²) in [6.45, 7) is 2.09. The monoisotopic (exact) mass is 284 g/mol. The van der Waals surface area contributed by atoms with Gasteiger partial charge in [-0.25, -0.2) is 9.48 Å². The van der Waals surface area contributed by atoms with Crippen LogP contribution in [-0.2, 0) is 20.7 Å². The molecule has 1 amide bonds. The number of nitrogens with zero attached hydrogens (tertiary/aromatic N) is 4. The van der Waals surface area contributed by atoms with Gasteiger partial charge in [-0.1, -0.05) is 5.21 Å². The molecule has 0 bridgehead atoms. The maximum atomic E-state index is 12.0. The van der Waals surface area contributed by atoms with Gasteiger partial charge in [0.1, 0.15) is 6.04 Å². The second-order valence-electron chi connectivity index (χ2n) is 4.47. The number of carbonyl (C=O) groups is 2. The Bertz CT molecular complexity index is 484. The number of carbonyl (C=O) groups excluding carboxylic acids is 2. The highest BCUT2D eigenvalue weighted by Gasteiger charge is 2.26. The van der Waals surface area contributed by atoms with Crippen molar-refractivity contribution in [2.24, 2.45) is 0 Å². The van der Waals surface area contributed by atoms with E-state index < -0.39 is 12.0 Å².